The number of anilines is 1. The van der Waals surface area contributed by atoms with E-state index in [-0.39, 0.29) is 5.41 Å². The summed E-state index contributed by atoms with van der Waals surface area (Å²) in [6, 6.07) is 0. The van der Waals surface area contributed by atoms with Crippen LogP contribution >= 0.6 is 0 Å². The van der Waals surface area contributed by atoms with Gasteiger partial charge in [0.25, 0.3) is 0 Å². The number of nitrogens with zero attached hydrogens (tertiary/aromatic N) is 5. The summed E-state index contributed by atoms with van der Waals surface area (Å²) in [5, 5.41) is 12.3. The molecule has 1 unspecified atom stereocenters. The molecular weight excluding hydrogens is 270 g/mol. The molecule has 118 valence electrons. The predicted molar refractivity (Wildman–Crippen MR) is 78.2 cm³/mol. The van der Waals surface area contributed by atoms with E-state index in [2.05, 4.69) is 27.3 Å². The molecule has 3 rings (SSSR count). The van der Waals surface area contributed by atoms with Gasteiger partial charge in [-0.2, -0.15) is 0 Å². The molecule has 0 bridgehead atoms. The van der Waals surface area contributed by atoms with Crippen LogP contribution in [0.25, 0.3) is 0 Å². The summed E-state index contributed by atoms with van der Waals surface area (Å²) in [5.41, 5.74) is 0.199. The summed E-state index contributed by atoms with van der Waals surface area (Å²) < 4.78 is 12.7. The van der Waals surface area contributed by atoms with E-state index in [0.29, 0.717) is 5.92 Å². The molecule has 2 aliphatic rings. The van der Waals surface area contributed by atoms with Gasteiger partial charge in [0.2, 0.25) is 5.95 Å². The van der Waals surface area contributed by atoms with Crippen LogP contribution < -0.4 is 4.90 Å². The van der Waals surface area contributed by atoms with Gasteiger partial charge in [-0.15, -0.1) is 0 Å². The van der Waals surface area contributed by atoms with Crippen LogP contribution in [0.4, 0.5) is 5.95 Å². The molecule has 0 N–H and O–H groups in total. The molecule has 7 heteroatoms. The third-order valence-corrected chi connectivity index (χ3v) is 4.62. The maximum atomic E-state index is 5.42. The highest BCUT2D eigenvalue weighted by Crippen LogP contribution is 2.32. The minimum absolute atomic E-state index is 0.199. The van der Waals surface area contributed by atoms with Crippen LogP contribution in [-0.4, -0.2) is 60.2 Å². The molecule has 2 fully saturated rings. The minimum Gasteiger partial charge on any atom is -0.384 e. The lowest BCUT2D eigenvalue weighted by atomic mass is 9.91. The minimum atomic E-state index is 0.199. The van der Waals surface area contributed by atoms with Crippen LogP contribution in [0.1, 0.15) is 26.2 Å². The predicted octanol–water partition coefficient (Wildman–Crippen LogP) is 0.962. The van der Waals surface area contributed by atoms with Crippen molar-refractivity contribution in [2.75, 3.05) is 44.9 Å². The van der Waals surface area contributed by atoms with Gasteiger partial charge in [0.1, 0.15) is 0 Å². The van der Waals surface area contributed by atoms with Crippen LogP contribution in [0.3, 0.4) is 0 Å². The second kappa shape index (κ2) is 6.27. The third-order valence-electron chi connectivity index (χ3n) is 4.62. The average Bonchev–Trinajstić information content (AvgIpc) is 3.07. The zero-order chi connectivity index (χ0) is 14.7. The molecular formula is C14H25N5O2. The van der Waals surface area contributed by atoms with Gasteiger partial charge in [0.05, 0.1) is 6.61 Å². The molecule has 1 atom stereocenters. The number of aromatic nitrogens is 4. The first kappa shape index (κ1) is 14.7. The molecule has 0 spiro atoms. The maximum Gasteiger partial charge on any atom is 0.245 e. The van der Waals surface area contributed by atoms with Crippen LogP contribution in [0, 0.1) is 11.3 Å². The smallest absolute Gasteiger partial charge is 0.245 e. The largest absolute Gasteiger partial charge is 0.384 e. The number of tetrazole rings is 1. The van der Waals surface area contributed by atoms with E-state index >= 15 is 0 Å². The van der Waals surface area contributed by atoms with E-state index in [1.807, 2.05) is 4.68 Å². The van der Waals surface area contributed by atoms with Gasteiger partial charge < -0.3 is 14.4 Å². The highest BCUT2D eigenvalue weighted by Gasteiger charge is 2.36. The highest BCUT2D eigenvalue weighted by molar-refractivity contribution is 5.31. The topological polar surface area (TPSA) is 65.3 Å². The average molecular weight is 295 g/mol. The van der Waals surface area contributed by atoms with E-state index in [9.17, 15) is 0 Å². The van der Waals surface area contributed by atoms with Gasteiger partial charge in [-0.1, -0.05) is 12.0 Å². The number of rotatable bonds is 5. The molecule has 2 saturated heterocycles. The van der Waals surface area contributed by atoms with Crippen LogP contribution in [0.15, 0.2) is 0 Å². The van der Waals surface area contributed by atoms with Crippen molar-refractivity contribution in [1.82, 2.24) is 20.2 Å². The van der Waals surface area contributed by atoms with E-state index in [4.69, 9.17) is 9.47 Å². The zero-order valence-corrected chi connectivity index (χ0v) is 13.0. The summed E-state index contributed by atoms with van der Waals surface area (Å²) in [7, 11) is 1.77. The van der Waals surface area contributed by atoms with Crippen molar-refractivity contribution < 1.29 is 9.47 Å². The standard InChI is InChI=1S/C14H25N5O2/c1-14(11-20-2)5-6-18(10-14)13-15-16-17-19(13)9-12-3-7-21-8-4-12/h12H,3-11H2,1-2H3. The van der Waals surface area contributed by atoms with Crippen molar-refractivity contribution in [3.8, 4) is 0 Å². The zero-order valence-electron chi connectivity index (χ0n) is 13.0. The second-order valence-corrected chi connectivity index (χ2v) is 6.63. The van der Waals surface area contributed by atoms with Gasteiger partial charge >= 0.3 is 0 Å². The van der Waals surface area contributed by atoms with Crippen molar-refractivity contribution in [2.45, 2.75) is 32.7 Å². The van der Waals surface area contributed by atoms with Crippen molar-refractivity contribution >= 4 is 5.95 Å². The first-order chi connectivity index (χ1) is 10.2. The fraction of sp³-hybridized carbons (Fsp3) is 0.929. The quantitative estimate of drug-likeness (QED) is 0.806. The van der Waals surface area contributed by atoms with Crippen LogP contribution in [0.5, 0.6) is 0 Å². The second-order valence-electron chi connectivity index (χ2n) is 6.63. The third kappa shape index (κ3) is 3.35. The molecule has 3 heterocycles. The molecule has 0 saturated carbocycles. The molecule has 0 aliphatic carbocycles. The van der Waals surface area contributed by atoms with E-state index in [1.165, 1.54) is 0 Å². The Morgan fingerprint density at radius 1 is 1.38 bits per heavy atom. The summed E-state index contributed by atoms with van der Waals surface area (Å²) in [6.07, 6.45) is 3.31. The Hall–Kier alpha value is -1.21. The molecule has 21 heavy (non-hydrogen) atoms. The normalized spacial score (nSPS) is 27.4. The first-order valence-electron chi connectivity index (χ1n) is 7.78. The lowest BCUT2D eigenvalue weighted by Gasteiger charge is -2.25. The SMILES string of the molecule is COCC1(C)CCN(c2nnnn2CC2CCOCC2)C1. The van der Waals surface area contributed by atoms with Crippen LogP contribution in [-0.2, 0) is 16.0 Å². The van der Waals surface area contributed by atoms with Crippen molar-refractivity contribution in [3.63, 3.8) is 0 Å². The fourth-order valence-electron chi connectivity index (χ4n) is 3.38. The van der Waals surface area contributed by atoms with Crippen molar-refractivity contribution in [2.24, 2.45) is 11.3 Å². The Labute approximate surface area is 125 Å². The lowest BCUT2D eigenvalue weighted by molar-refractivity contribution is 0.0600. The monoisotopic (exact) mass is 295 g/mol. The fourth-order valence-corrected chi connectivity index (χ4v) is 3.38. The van der Waals surface area contributed by atoms with Gasteiger partial charge in [0.15, 0.2) is 0 Å². The Morgan fingerprint density at radius 2 is 2.19 bits per heavy atom. The number of methoxy groups -OCH3 is 1. The van der Waals surface area contributed by atoms with E-state index in [1.54, 1.807) is 7.11 Å². The molecule has 1 aromatic rings. The van der Waals surface area contributed by atoms with Gasteiger partial charge in [-0.25, -0.2) is 4.68 Å². The Bertz CT molecular complexity index is 460. The van der Waals surface area contributed by atoms with E-state index in [0.717, 1.165) is 64.7 Å². The molecule has 0 aromatic carbocycles. The van der Waals surface area contributed by atoms with Crippen LogP contribution in [0.2, 0.25) is 0 Å². The first-order valence-corrected chi connectivity index (χ1v) is 7.78. The number of hydrogen-bond acceptors (Lipinski definition) is 6. The summed E-state index contributed by atoms with van der Waals surface area (Å²) in [5.74, 6) is 1.52. The van der Waals surface area contributed by atoms with Crippen molar-refractivity contribution in [3.05, 3.63) is 0 Å². The van der Waals surface area contributed by atoms with E-state index < -0.39 is 0 Å². The molecule has 0 radical (unpaired) electrons. The summed E-state index contributed by atoms with van der Waals surface area (Å²) in [4.78, 5) is 2.29. The lowest BCUT2D eigenvalue weighted by Crippen LogP contribution is -2.31. The van der Waals surface area contributed by atoms with Crippen molar-refractivity contribution in [1.29, 1.82) is 0 Å². The molecule has 7 nitrogen and oxygen atoms in total. The summed E-state index contributed by atoms with van der Waals surface area (Å²) >= 11 is 0. The number of ether oxygens (including phenoxy) is 2. The maximum absolute atomic E-state index is 5.42. The molecule has 1 aromatic heterocycles. The Kier molecular flexibility index (Phi) is 4.40. The molecule has 2 aliphatic heterocycles. The Balaban J connectivity index is 1.65. The molecule has 0 amide bonds. The highest BCUT2D eigenvalue weighted by atomic mass is 16.5. The van der Waals surface area contributed by atoms with Gasteiger partial charge in [-0.3, -0.25) is 0 Å². The summed E-state index contributed by atoms with van der Waals surface area (Å²) in [6.45, 7) is 7.61. The Morgan fingerprint density at radius 3 is 2.95 bits per heavy atom. The van der Waals surface area contributed by atoms with Gasteiger partial charge in [-0.05, 0) is 35.6 Å². The van der Waals surface area contributed by atoms with Gasteiger partial charge in [0, 0.05) is 45.4 Å². The number of hydrogen-bond donors (Lipinski definition) is 0.